The summed E-state index contributed by atoms with van der Waals surface area (Å²) < 4.78 is 61.3. The molecule has 16 nitrogen and oxygen atoms in total. The summed E-state index contributed by atoms with van der Waals surface area (Å²) in [6, 6.07) is 0. The van der Waals surface area contributed by atoms with E-state index in [0.717, 1.165) is 161 Å². The fourth-order valence-corrected chi connectivity index (χ4v) is 13.5. The van der Waals surface area contributed by atoms with Gasteiger partial charge in [-0.15, -0.1) is 0 Å². The summed E-state index contributed by atoms with van der Waals surface area (Å²) in [7, 11) is -9.80. The van der Waals surface area contributed by atoms with Crippen LogP contribution >= 0.6 is 15.6 Å². The molecule has 0 aliphatic rings. The number of aliphatic hydroxyl groups excluding tert-OH is 2. The van der Waals surface area contributed by atoms with Crippen molar-refractivity contribution >= 4 is 33.6 Å². The Morgan fingerprint density at radius 3 is 0.766 bits per heavy atom. The standard InChI is InChI=1S/C93H160O16P2/c1-4-7-10-13-16-19-22-25-28-30-32-34-36-38-39-40-41-42-43-44-45-46-47-49-51-52-54-56-59-61-64-67-70-73-76-79-91(96)103-82-88(94)83-105-110(99,100)106-84-89(95)85-107-111(101,102)108-87-90(109-93(98)81-78-75-72-69-66-63-58-27-24-21-18-15-12-9-6-3)86-104-92(97)80-77-74-71-68-65-62-60-57-55-53-50-48-37-35-33-31-29-26-23-20-17-14-11-8-5-2/h7-8,10-11,16-17,19-20,25-29,32-35,38-39,41-42,48,50,58,88-90,94-95H,4-6,9,12-15,18,21-24,30-31,36-37,40,43-47,49,51-57,59-87H2,1-3H3,(H,99,100)(H,101,102)/b10-7-,11-8-,19-16-,20-17-,28-25-,29-26-,34-32-,35-33-,39-38-,42-41-,50-48-,58-27-. The molecule has 0 saturated carbocycles. The molecule has 0 radical (unpaired) electrons. The predicted octanol–water partition coefficient (Wildman–Crippen LogP) is 26.8. The third kappa shape index (κ3) is 86.1. The second kappa shape index (κ2) is 84.8. The minimum Gasteiger partial charge on any atom is -0.463 e. The molecule has 638 valence electrons. The molecule has 0 fully saturated rings. The van der Waals surface area contributed by atoms with Crippen molar-refractivity contribution in [3.8, 4) is 0 Å². The van der Waals surface area contributed by atoms with E-state index in [1.807, 2.05) is 0 Å². The number of esters is 3. The van der Waals surface area contributed by atoms with E-state index in [1.165, 1.54) is 148 Å². The van der Waals surface area contributed by atoms with Gasteiger partial charge in [-0.1, -0.05) is 353 Å². The molecular weight excluding hydrogens is 1430 g/mol. The molecule has 111 heavy (non-hydrogen) atoms. The molecule has 4 N–H and O–H groups in total. The average molecular weight is 1600 g/mol. The summed E-state index contributed by atoms with van der Waals surface area (Å²) in [6.07, 6.45) is 106. The van der Waals surface area contributed by atoms with Gasteiger partial charge < -0.3 is 34.2 Å². The van der Waals surface area contributed by atoms with Crippen molar-refractivity contribution in [1.29, 1.82) is 0 Å². The van der Waals surface area contributed by atoms with E-state index >= 15 is 0 Å². The van der Waals surface area contributed by atoms with Crippen molar-refractivity contribution < 1.29 is 75.8 Å². The topological polar surface area (TPSA) is 231 Å². The Morgan fingerprint density at radius 1 is 0.261 bits per heavy atom. The minimum atomic E-state index is -4.94. The number of hydrogen-bond acceptors (Lipinski definition) is 14. The zero-order valence-electron chi connectivity index (χ0n) is 70.1. The number of carbonyl (C=O) groups is 3. The number of carbonyl (C=O) groups excluding carboxylic acids is 3. The Morgan fingerprint density at radius 2 is 0.477 bits per heavy atom. The third-order valence-electron chi connectivity index (χ3n) is 18.5. The molecule has 0 rings (SSSR count). The maximum Gasteiger partial charge on any atom is 0.472 e. The van der Waals surface area contributed by atoms with Crippen LogP contribution in [0.15, 0.2) is 146 Å². The number of unbranched alkanes of at least 4 members (excludes halogenated alkanes) is 36. The highest BCUT2D eigenvalue weighted by Gasteiger charge is 2.29. The van der Waals surface area contributed by atoms with E-state index < -0.39 is 91.5 Å². The molecule has 0 spiro atoms. The van der Waals surface area contributed by atoms with Crippen molar-refractivity contribution in [2.75, 3.05) is 39.6 Å². The Balaban J connectivity index is 4.44. The number of rotatable bonds is 83. The van der Waals surface area contributed by atoms with Gasteiger partial charge in [-0.25, -0.2) is 9.13 Å². The van der Waals surface area contributed by atoms with Crippen LogP contribution in [0.25, 0.3) is 0 Å². The van der Waals surface area contributed by atoms with Gasteiger partial charge in [-0.3, -0.25) is 32.5 Å². The highest BCUT2D eigenvalue weighted by molar-refractivity contribution is 7.47. The van der Waals surface area contributed by atoms with Gasteiger partial charge in [0, 0.05) is 19.3 Å². The Labute approximate surface area is 677 Å². The summed E-state index contributed by atoms with van der Waals surface area (Å²) in [5.41, 5.74) is 0. The first kappa shape index (κ1) is 106. The lowest BCUT2D eigenvalue weighted by Gasteiger charge is -2.21. The first-order valence-corrected chi connectivity index (χ1v) is 47.1. The van der Waals surface area contributed by atoms with Crippen LogP contribution in [0.4, 0.5) is 0 Å². The molecule has 5 atom stereocenters. The highest BCUT2D eigenvalue weighted by atomic mass is 31.2. The lowest BCUT2D eigenvalue weighted by Crippen LogP contribution is -2.30. The van der Waals surface area contributed by atoms with Gasteiger partial charge in [0.15, 0.2) is 6.10 Å². The maximum absolute atomic E-state index is 13.0. The van der Waals surface area contributed by atoms with E-state index in [2.05, 4.69) is 167 Å². The van der Waals surface area contributed by atoms with E-state index in [1.54, 1.807) is 0 Å². The number of allylic oxidation sites excluding steroid dienone is 24. The summed E-state index contributed by atoms with van der Waals surface area (Å²) in [4.78, 5) is 58.8. The zero-order chi connectivity index (χ0) is 80.8. The van der Waals surface area contributed by atoms with Gasteiger partial charge in [0.25, 0.3) is 0 Å². The molecule has 0 amide bonds. The molecule has 0 aliphatic carbocycles. The van der Waals surface area contributed by atoms with Crippen LogP contribution in [0.2, 0.25) is 0 Å². The summed E-state index contributed by atoms with van der Waals surface area (Å²) in [6.45, 7) is 2.47. The lowest BCUT2D eigenvalue weighted by molar-refractivity contribution is -0.161. The van der Waals surface area contributed by atoms with Crippen LogP contribution in [0.3, 0.4) is 0 Å². The highest BCUT2D eigenvalue weighted by Crippen LogP contribution is 2.45. The number of phosphoric acid groups is 2. The van der Waals surface area contributed by atoms with Crippen molar-refractivity contribution in [2.24, 2.45) is 0 Å². The molecule has 5 unspecified atom stereocenters. The maximum atomic E-state index is 13.0. The van der Waals surface area contributed by atoms with Gasteiger partial charge in [-0.2, -0.15) is 0 Å². The van der Waals surface area contributed by atoms with Crippen LogP contribution in [-0.2, 0) is 55.8 Å². The summed E-state index contributed by atoms with van der Waals surface area (Å²) in [5.74, 6) is -1.58. The molecule has 0 saturated heterocycles. The first-order valence-electron chi connectivity index (χ1n) is 44.1. The number of hydrogen-bond donors (Lipinski definition) is 4. The van der Waals surface area contributed by atoms with Gasteiger partial charge in [0.2, 0.25) is 0 Å². The molecule has 0 aromatic carbocycles. The molecule has 0 bridgehead atoms. The Kier molecular flexibility index (Phi) is 81.3. The normalized spacial score (nSPS) is 14.5. The molecular formula is C93H160O16P2. The fourth-order valence-electron chi connectivity index (χ4n) is 11.9. The van der Waals surface area contributed by atoms with Gasteiger partial charge in [-0.05, 0) is 141 Å². The fraction of sp³-hybridized carbons (Fsp3) is 0.710. The molecule has 0 aliphatic heterocycles. The lowest BCUT2D eigenvalue weighted by atomic mass is 10.0. The van der Waals surface area contributed by atoms with E-state index in [9.17, 15) is 43.5 Å². The Hall–Kier alpha value is -4.57. The van der Waals surface area contributed by atoms with E-state index in [4.69, 9.17) is 32.3 Å². The van der Waals surface area contributed by atoms with Crippen molar-refractivity contribution in [1.82, 2.24) is 0 Å². The smallest absolute Gasteiger partial charge is 0.463 e. The van der Waals surface area contributed by atoms with Crippen LogP contribution in [0.1, 0.15) is 367 Å². The van der Waals surface area contributed by atoms with Crippen molar-refractivity contribution in [2.45, 2.75) is 386 Å². The number of phosphoric ester groups is 2. The van der Waals surface area contributed by atoms with E-state index in [-0.39, 0.29) is 19.3 Å². The van der Waals surface area contributed by atoms with Crippen LogP contribution < -0.4 is 0 Å². The van der Waals surface area contributed by atoms with Gasteiger partial charge in [0.05, 0.1) is 26.4 Å². The van der Waals surface area contributed by atoms with Crippen molar-refractivity contribution in [3.63, 3.8) is 0 Å². The van der Waals surface area contributed by atoms with Gasteiger partial charge >= 0.3 is 33.6 Å². The molecule has 0 aromatic rings. The first-order chi connectivity index (χ1) is 54.2. The molecule has 0 heterocycles. The average Bonchev–Trinajstić information content (AvgIpc) is 0.901. The summed E-state index contributed by atoms with van der Waals surface area (Å²) in [5, 5.41) is 20.7. The monoisotopic (exact) mass is 1600 g/mol. The second-order valence-corrected chi connectivity index (χ2v) is 32.2. The van der Waals surface area contributed by atoms with Crippen LogP contribution in [0.5, 0.6) is 0 Å². The van der Waals surface area contributed by atoms with E-state index in [0.29, 0.717) is 19.3 Å². The SMILES string of the molecule is CC/C=C\C/C=C\C/C=C\C/C=C\C/C=C\C/C=C\CCCCCCCCCCCCCCCCCCC(=O)OCC(O)COP(=O)(O)OCC(O)COP(=O)(O)OCC(COC(=O)CCCCCCCCCCC/C=C\C/C=C\C/C=C\C/C=C\C/C=C\CC)OC(=O)CCCCCCC/C=C\CCCCCCCC. The van der Waals surface area contributed by atoms with Gasteiger partial charge in [0.1, 0.15) is 25.4 Å². The second-order valence-electron chi connectivity index (χ2n) is 29.3. The van der Waals surface area contributed by atoms with Crippen molar-refractivity contribution in [3.05, 3.63) is 146 Å². The number of aliphatic hydroxyl groups is 2. The Bertz CT molecular complexity index is 2600. The minimum absolute atomic E-state index is 0.0922. The van der Waals surface area contributed by atoms with Crippen LogP contribution in [-0.4, -0.2) is 95.9 Å². The molecule has 18 heteroatoms. The zero-order valence-corrected chi connectivity index (χ0v) is 71.9. The van der Waals surface area contributed by atoms with Crippen LogP contribution in [0, 0.1) is 0 Å². The quantitative estimate of drug-likeness (QED) is 0.0146. The third-order valence-corrected chi connectivity index (χ3v) is 20.4. The number of ether oxygens (including phenoxy) is 3. The predicted molar refractivity (Wildman–Crippen MR) is 463 cm³/mol. The molecule has 0 aromatic heterocycles. The largest absolute Gasteiger partial charge is 0.472 e. The summed E-state index contributed by atoms with van der Waals surface area (Å²) >= 11 is 0.